The maximum Gasteiger partial charge on any atom is 0.262 e. The van der Waals surface area contributed by atoms with E-state index in [4.69, 9.17) is 9.57 Å². The highest BCUT2D eigenvalue weighted by atomic mass is 16.7. The van der Waals surface area contributed by atoms with Crippen molar-refractivity contribution in [2.24, 2.45) is 0 Å². The second-order valence-electron chi connectivity index (χ2n) is 7.18. The molecule has 1 fully saturated rings. The Labute approximate surface area is 176 Å². The minimum absolute atomic E-state index is 0.131. The van der Waals surface area contributed by atoms with E-state index in [2.05, 4.69) is 15.3 Å². The van der Waals surface area contributed by atoms with Gasteiger partial charge in [0.05, 0.1) is 24.3 Å². The third-order valence-electron chi connectivity index (χ3n) is 5.23. The van der Waals surface area contributed by atoms with E-state index in [0.717, 1.165) is 4.90 Å². The number of carbonyl (C=O) groups excluding carboxylic acids is 3. The molecule has 1 saturated heterocycles. The number of morpholine rings is 1. The van der Waals surface area contributed by atoms with Gasteiger partial charge in [0.2, 0.25) is 11.6 Å². The molecule has 4 heterocycles. The van der Waals surface area contributed by atoms with E-state index in [-0.39, 0.29) is 25.6 Å². The number of imide groups is 1. The zero-order valence-corrected chi connectivity index (χ0v) is 16.4. The lowest BCUT2D eigenvalue weighted by Gasteiger charge is -2.33. The molecule has 5 rings (SSSR count). The highest BCUT2D eigenvalue weighted by Crippen LogP contribution is 2.22. The monoisotopic (exact) mass is 422 g/mol. The minimum atomic E-state index is -0.451. The van der Waals surface area contributed by atoms with E-state index in [0.29, 0.717) is 35.4 Å². The molecule has 2 aliphatic heterocycles. The summed E-state index contributed by atoms with van der Waals surface area (Å²) in [5.41, 5.74) is 1.73. The van der Waals surface area contributed by atoms with Crippen LogP contribution in [0.5, 0.6) is 0 Å². The van der Waals surface area contributed by atoms with Crippen molar-refractivity contribution in [3.63, 3.8) is 0 Å². The topological polar surface area (TPSA) is 120 Å². The predicted octanol–water partition coefficient (Wildman–Crippen LogP) is -0.221. The first-order valence-electron chi connectivity index (χ1n) is 9.76. The number of benzene rings is 1. The number of ether oxygens (including phenoxy) is 1. The van der Waals surface area contributed by atoms with Crippen LogP contribution < -0.4 is 4.84 Å². The van der Waals surface area contributed by atoms with Crippen molar-refractivity contribution < 1.29 is 24.0 Å². The smallest absolute Gasteiger partial charge is 0.262 e. The number of rotatable bonds is 5. The quantitative estimate of drug-likeness (QED) is 0.518. The van der Waals surface area contributed by atoms with Crippen molar-refractivity contribution in [1.82, 2.24) is 29.9 Å². The lowest BCUT2D eigenvalue weighted by molar-refractivity contribution is -0.141. The van der Waals surface area contributed by atoms with Crippen LogP contribution in [-0.4, -0.2) is 86.6 Å². The highest BCUT2D eigenvalue weighted by molar-refractivity contribution is 6.22. The largest absolute Gasteiger partial charge is 0.391 e. The van der Waals surface area contributed by atoms with Gasteiger partial charge in [0.1, 0.15) is 24.8 Å². The molecule has 1 atom stereocenters. The molecule has 2 aliphatic rings. The third kappa shape index (κ3) is 3.48. The molecule has 1 aromatic carbocycles. The second-order valence-corrected chi connectivity index (χ2v) is 7.18. The van der Waals surface area contributed by atoms with Crippen molar-refractivity contribution in [1.29, 1.82) is 0 Å². The SMILES string of the molecule is O=C(CN1C(=O)c2ccccc2C1=O)N1CCOC(COn2nnc3cccnc32)C1. The Hall–Kier alpha value is -3.86. The van der Waals surface area contributed by atoms with Crippen LogP contribution in [0.25, 0.3) is 11.2 Å². The lowest BCUT2D eigenvalue weighted by atomic mass is 10.1. The van der Waals surface area contributed by atoms with Crippen LogP contribution in [0.1, 0.15) is 20.7 Å². The van der Waals surface area contributed by atoms with Crippen molar-refractivity contribution >= 4 is 28.9 Å². The van der Waals surface area contributed by atoms with Gasteiger partial charge in [-0.1, -0.05) is 17.0 Å². The van der Waals surface area contributed by atoms with Crippen molar-refractivity contribution in [2.45, 2.75) is 6.10 Å². The molecule has 11 heteroatoms. The van der Waals surface area contributed by atoms with E-state index in [9.17, 15) is 14.4 Å². The Morgan fingerprint density at radius 3 is 2.68 bits per heavy atom. The van der Waals surface area contributed by atoms with Gasteiger partial charge >= 0.3 is 0 Å². The Morgan fingerprint density at radius 1 is 1.13 bits per heavy atom. The Kier molecular flexibility index (Phi) is 4.79. The molecule has 3 aromatic rings. The molecule has 11 nitrogen and oxygen atoms in total. The average molecular weight is 422 g/mol. The molecule has 0 aliphatic carbocycles. The predicted molar refractivity (Wildman–Crippen MR) is 105 cm³/mol. The zero-order valence-electron chi connectivity index (χ0n) is 16.4. The van der Waals surface area contributed by atoms with Crippen LogP contribution in [0.15, 0.2) is 42.6 Å². The highest BCUT2D eigenvalue weighted by Gasteiger charge is 2.37. The van der Waals surface area contributed by atoms with Gasteiger partial charge in [-0.15, -0.1) is 5.10 Å². The summed E-state index contributed by atoms with van der Waals surface area (Å²) in [6.07, 6.45) is 1.21. The van der Waals surface area contributed by atoms with Crippen molar-refractivity contribution in [3.05, 3.63) is 53.7 Å². The summed E-state index contributed by atoms with van der Waals surface area (Å²) >= 11 is 0. The van der Waals surface area contributed by atoms with Gasteiger partial charge in [-0.3, -0.25) is 19.3 Å². The number of hydrogen-bond acceptors (Lipinski definition) is 8. The second kappa shape index (κ2) is 7.76. The van der Waals surface area contributed by atoms with Crippen molar-refractivity contribution in [3.8, 4) is 0 Å². The summed E-state index contributed by atoms with van der Waals surface area (Å²) in [7, 11) is 0. The molecule has 158 valence electrons. The van der Waals surface area contributed by atoms with Gasteiger partial charge in [-0.05, 0) is 29.5 Å². The van der Waals surface area contributed by atoms with Gasteiger partial charge in [0, 0.05) is 12.7 Å². The van der Waals surface area contributed by atoms with Crippen LogP contribution in [0.4, 0.5) is 0 Å². The Balaban J connectivity index is 1.20. The summed E-state index contributed by atoms with van der Waals surface area (Å²) in [4.78, 5) is 51.4. The number of pyridine rings is 1. The fraction of sp³-hybridized carbons (Fsp3) is 0.300. The molecular formula is C20H18N6O5. The minimum Gasteiger partial charge on any atom is -0.391 e. The molecular weight excluding hydrogens is 404 g/mol. The normalized spacial score (nSPS) is 18.5. The van der Waals surface area contributed by atoms with E-state index in [1.54, 1.807) is 47.5 Å². The Bertz CT molecular complexity index is 1140. The molecule has 3 amide bonds. The van der Waals surface area contributed by atoms with Gasteiger partial charge in [-0.25, -0.2) is 4.98 Å². The number of carbonyl (C=O) groups is 3. The zero-order chi connectivity index (χ0) is 21.4. The molecule has 31 heavy (non-hydrogen) atoms. The molecule has 0 saturated carbocycles. The molecule has 1 unspecified atom stereocenters. The van der Waals surface area contributed by atoms with E-state index >= 15 is 0 Å². The van der Waals surface area contributed by atoms with Gasteiger partial charge in [-0.2, -0.15) is 0 Å². The standard InChI is InChI=1S/C20H18N6O5/c27-17(11-25-19(28)14-4-1-2-5-15(14)20(25)29)24-8-9-30-13(10-24)12-31-26-18-16(22-23-26)6-3-7-21-18/h1-7,13H,8-12H2. The van der Waals surface area contributed by atoms with Crippen LogP contribution in [0.3, 0.4) is 0 Å². The third-order valence-corrected chi connectivity index (χ3v) is 5.23. The fourth-order valence-corrected chi connectivity index (χ4v) is 3.65. The maximum absolute atomic E-state index is 12.8. The number of fused-ring (bicyclic) bond motifs is 2. The van der Waals surface area contributed by atoms with Crippen LogP contribution >= 0.6 is 0 Å². The van der Waals surface area contributed by atoms with Crippen LogP contribution in [-0.2, 0) is 9.53 Å². The van der Waals surface area contributed by atoms with Crippen LogP contribution in [0.2, 0.25) is 0 Å². The molecule has 0 radical (unpaired) electrons. The van der Waals surface area contributed by atoms with Gasteiger partial charge in [0.25, 0.3) is 11.8 Å². The fourth-order valence-electron chi connectivity index (χ4n) is 3.65. The summed E-state index contributed by atoms with van der Waals surface area (Å²) in [5, 5.41) is 7.87. The maximum atomic E-state index is 12.8. The van der Waals surface area contributed by atoms with Gasteiger partial charge < -0.3 is 14.5 Å². The summed E-state index contributed by atoms with van der Waals surface area (Å²) < 4.78 is 5.68. The molecule has 2 aromatic heterocycles. The number of amides is 3. The van der Waals surface area contributed by atoms with Crippen molar-refractivity contribution in [2.75, 3.05) is 32.8 Å². The molecule has 0 N–H and O–H groups in total. The number of nitrogens with zero attached hydrogens (tertiary/aromatic N) is 6. The first-order valence-corrected chi connectivity index (χ1v) is 9.76. The summed E-state index contributed by atoms with van der Waals surface area (Å²) in [6, 6.07) is 10.1. The van der Waals surface area contributed by atoms with Crippen LogP contribution in [0, 0.1) is 0 Å². The lowest BCUT2D eigenvalue weighted by Crippen LogP contribution is -2.51. The number of aromatic nitrogens is 4. The van der Waals surface area contributed by atoms with E-state index in [1.807, 2.05) is 0 Å². The average Bonchev–Trinajstić information content (AvgIpc) is 3.33. The Morgan fingerprint density at radius 2 is 1.90 bits per heavy atom. The summed E-state index contributed by atoms with van der Waals surface area (Å²) in [5.74, 6) is -1.23. The van der Waals surface area contributed by atoms with Gasteiger partial charge in [0.15, 0.2) is 0 Å². The summed E-state index contributed by atoms with van der Waals surface area (Å²) in [6.45, 7) is 0.774. The molecule has 0 spiro atoms. The first kappa shape index (κ1) is 19.1. The van der Waals surface area contributed by atoms with E-state index in [1.165, 1.54) is 4.85 Å². The van der Waals surface area contributed by atoms with E-state index < -0.39 is 17.9 Å². The number of hydrogen-bond donors (Lipinski definition) is 0. The first-order chi connectivity index (χ1) is 15.1. The molecule has 0 bridgehead atoms.